The van der Waals surface area contributed by atoms with Crippen molar-refractivity contribution in [3.63, 3.8) is 0 Å². The van der Waals surface area contributed by atoms with Crippen LogP contribution in [0.2, 0.25) is 0 Å². The van der Waals surface area contributed by atoms with Crippen LogP contribution in [0.25, 0.3) is 0 Å². The lowest BCUT2D eigenvalue weighted by Crippen LogP contribution is -2.53. The Balaban J connectivity index is 2.89. The molecule has 0 unspecified atom stereocenters. The molecule has 1 rings (SSSR count). The number of hydrogen-bond donors (Lipinski definition) is 3. The number of amides is 3. The molecule has 0 radical (unpaired) electrons. The average molecular weight is 348 g/mol. The van der Waals surface area contributed by atoms with Crippen LogP contribution in [-0.2, 0) is 20.8 Å². The largest absolute Gasteiger partial charge is 0.368 e. The summed E-state index contributed by atoms with van der Waals surface area (Å²) in [6, 6.07) is 5.56. The summed E-state index contributed by atoms with van der Waals surface area (Å²) in [5.74, 6) is -2.80. The highest BCUT2D eigenvalue weighted by atomic mass is 19.1. The summed E-state index contributed by atoms with van der Waals surface area (Å²) in [6.45, 7) is 2.84. The Kier molecular flexibility index (Phi) is 7.53. The molecule has 7 nitrogen and oxygen atoms in total. The second kappa shape index (κ2) is 9.37. The first-order valence-corrected chi connectivity index (χ1v) is 7.73. The number of primary amides is 1. The number of carbonyl (C=O) groups is 3. The van der Waals surface area contributed by atoms with E-state index in [0.717, 1.165) is 0 Å². The zero-order valence-electron chi connectivity index (χ0n) is 14.1. The standard InChI is InChI=1S/C17H21FN4O3/c1-10(9-19)6-14(16(20)24)22-17(25)15(21-11(2)23)8-12-4-3-5-13(18)7-12/h3-5,7,10,14-15H,6,8H2,1-2H3,(H2,20,24)(H,21,23)(H,22,25)/t10-,14-,15+/m0/s1. The molecule has 0 heterocycles. The number of nitrogens with zero attached hydrogens (tertiary/aromatic N) is 1. The Morgan fingerprint density at radius 2 is 1.96 bits per heavy atom. The van der Waals surface area contributed by atoms with Crippen LogP contribution < -0.4 is 16.4 Å². The Morgan fingerprint density at radius 3 is 2.48 bits per heavy atom. The van der Waals surface area contributed by atoms with Gasteiger partial charge in [0.25, 0.3) is 0 Å². The summed E-state index contributed by atoms with van der Waals surface area (Å²) in [6.07, 6.45) is 0.104. The monoisotopic (exact) mass is 348 g/mol. The van der Waals surface area contributed by atoms with Gasteiger partial charge in [0.05, 0.1) is 6.07 Å². The molecule has 0 saturated carbocycles. The minimum absolute atomic E-state index is 0.0441. The van der Waals surface area contributed by atoms with Gasteiger partial charge < -0.3 is 16.4 Å². The second-order valence-corrected chi connectivity index (χ2v) is 5.82. The van der Waals surface area contributed by atoms with Crippen LogP contribution >= 0.6 is 0 Å². The van der Waals surface area contributed by atoms with E-state index in [-0.39, 0.29) is 12.8 Å². The lowest BCUT2D eigenvalue weighted by molar-refractivity contribution is -0.131. The number of rotatable bonds is 8. The van der Waals surface area contributed by atoms with Crippen molar-refractivity contribution in [1.29, 1.82) is 5.26 Å². The van der Waals surface area contributed by atoms with Crippen LogP contribution in [0.15, 0.2) is 24.3 Å². The molecule has 0 aliphatic heterocycles. The lowest BCUT2D eigenvalue weighted by Gasteiger charge is -2.22. The summed E-state index contributed by atoms with van der Waals surface area (Å²) in [5.41, 5.74) is 5.77. The molecular weight excluding hydrogens is 327 g/mol. The molecule has 8 heteroatoms. The van der Waals surface area contributed by atoms with Crippen molar-refractivity contribution >= 4 is 17.7 Å². The van der Waals surface area contributed by atoms with Crippen LogP contribution in [0.5, 0.6) is 0 Å². The van der Waals surface area contributed by atoms with Gasteiger partial charge in [-0.15, -0.1) is 0 Å². The van der Waals surface area contributed by atoms with Crippen molar-refractivity contribution in [1.82, 2.24) is 10.6 Å². The molecule has 4 N–H and O–H groups in total. The van der Waals surface area contributed by atoms with Gasteiger partial charge in [0.15, 0.2) is 0 Å². The first-order chi connectivity index (χ1) is 11.7. The summed E-state index contributed by atoms with van der Waals surface area (Å²) in [5, 5.41) is 13.8. The number of nitrogens with one attached hydrogen (secondary N) is 2. The SMILES string of the molecule is CC(=O)N[C@H](Cc1cccc(F)c1)C(=O)N[C@@H](C[C@H](C)C#N)C(N)=O. The number of hydrogen-bond acceptors (Lipinski definition) is 4. The fourth-order valence-corrected chi connectivity index (χ4v) is 2.28. The average Bonchev–Trinajstić information content (AvgIpc) is 2.52. The van der Waals surface area contributed by atoms with Crippen LogP contribution in [0.1, 0.15) is 25.8 Å². The van der Waals surface area contributed by atoms with Gasteiger partial charge in [-0.2, -0.15) is 5.26 Å². The van der Waals surface area contributed by atoms with Crippen LogP contribution in [-0.4, -0.2) is 29.8 Å². The van der Waals surface area contributed by atoms with Gasteiger partial charge in [-0.05, 0) is 31.0 Å². The molecule has 0 aromatic heterocycles. The van der Waals surface area contributed by atoms with Gasteiger partial charge in [-0.25, -0.2) is 4.39 Å². The minimum atomic E-state index is -1.04. The Bertz CT molecular complexity index is 687. The van der Waals surface area contributed by atoms with Gasteiger partial charge >= 0.3 is 0 Å². The quantitative estimate of drug-likeness (QED) is 0.628. The molecule has 0 saturated heterocycles. The maximum absolute atomic E-state index is 13.3. The fourth-order valence-electron chi connectivity index (χ4n) is 2.28. The normalized spacial score (nSPS) is 13.8. The van der Waals surface area contributed by atoms with Gasteiger partial charge in [0.2, 0.25) is 17.7 Å². The topological polar surface area (TPSA) is 125 Å². The first-order valence-electron chi connectivity index (χ1n) is 7.73. The highest BCUT2D eigenvalue weighted by Gasteiger charge is 2.26. The third-order valence-electron chi connectivity index (χ3n) is 3.49. The zero-order chi connectivity index (χ0) is 19.0. The van der Waals surface area contributed by atoms with Crippen molar-refractivity contribution in [2.45, 2.75) is 38.8 Å². The molecule has 3 amide bonds. The highest BCUT2D eigenvalue weighted by Crippen LogP contribution is 2.09. The van der Waals surface area contributed by atoms with Crippen molar-refractivity contribution < 1.29 is 18.8 Å². The molecule has 1 aromatic rings. The molecule has 1 aromatic carbocycles. The van der Waals surface area contributed by atoms with Crippen molar-refractivity contribution in [3.05, 3.63) is 35.6 Å². The Morgan fingerprint density at radius 1 is 1.28 bits per heavy atom. The molecule has 0 aliphatic carbocycles. The van der Waals surface area contributed by atoms with Gasteiger partial charge in [-0.3, -0.25) is 14.4 Å². The summed E-state index contributed by atoms with van der Waals surface area (Å²) in [7, 11) is 0. The Labute approximate surface area is 145 Å². The molecule has 3 atom stereocenters. The molecule has 134 valence electrons. The number of halogens is 1. The van der Waals surface area contributed by atoms with Crippen molar-refractivity contribution in [2.75, 3.05) is 0 Å². The van der Waals surface area contributed by atoms with E-state index in [1.165, 1.54) is 25.1 Å². The van der Waals surface area contributed by atoms with Crippen LogP contribution in [0, 0.1) is 23.1 Å². The Hall–Kier alpha value is -2.95. The first kappa shape index (κ1) is 20.1. The van der Waals surface area contributed by atoms with E-state index >= 15 is 0 Å². The predicted octanol–water partition coefficient (Wildman–Crippen LogP) is 0.393. The van der Waals surface area contributed by atoms with Crippen molar-refractivity contribution in [3.8, 4) is 6.07 Å². The number of nitriles is 1. The fraction of sp³-hybridized carbons (Fsp3) is 0.412. The second-order valence-electron chi connectivity index (χ2n) is 5.82. The number of nitrogens with two attached hydrogens (primary N) is 1. The third kappa shape index (κ3) is 6.99. The van der Waals surface area contributed by atoms with Gasteiger partial charge in [0.1, 0.15) is 17.9 Å². The number of carbonyl (C=O) groups excluding carboxylic acids is 3. The molecule has 0 bridgehead atoms. The summed E-state index contributed by atoms with van der Waals surface area (Å²) < 4.78 is 13.3. The highest BCUT2D eigenvalue weighted by molar-refractivity contribution is 5.91. The third-order valence-corrected chi connectivity index (χ3v) is 3.49. The maximum Gasteiger partial charge on any atom is 0.243 e. The van der Waals surface area contributed by atoms with E-state index in [0.29, 0.717) is 5.56 Å². The van der Waals surface area contributed by atoms with Crippen LogP contribution in [0.4, 0.5) is 4.39 Å². The van der Waals surface area contributed by atoms with E-state index in [1.807, 2.05) is 6.07 Å². The summed E-state index contributed by atoms with van der Waals surface area (Å²) in [4.78, 5) is 35.3. The predicted molar refractivity (Wildman–Crippen MR) is 88.2 cm³/mol. The van der Waals surface area contributed by atoms with Gasteiger partial charge in [0, 0.05) is 19.3 Å². The molecular formula is C17H21FN4O3. The van der Waals surface area contributed by atoms with E-state index in [2.05, 4.69) is 10.6 Å². The molecule has 0 aliphatic rings. The lowest BCUT2D eigenvalue weighted by atomic mass is 10.0. The minimum Gasteiger partial charge on any atom is -0.368 e. The summed E-state index contributed by atoms with van der Waals surface area (Å²) >= 11 is 0. The number of benzene rings is 1. The molecule has 0 spiro atoms. The molecule has 25 heavy (non-hydrogen) atoms. The van der Waals surface area contributed by atoms with Crippen molar-refractivity contribution in [2.24, 2.45) is 11.7 Å². The van der Waals surface area contributed by atoms with Gasteiger partial charge in [-0.1, -0.05) is 12.1 Å². The van der Waals surface area contributed by atoms with Crippen LogP contribution in [0.3, 0.4) is 0 Å². The smallest absolute Gasteiger partial charge is 0.243 e. The van der Waals surface area contributed by atoms with E-state index in [4.69, 9.17) is 11.0 Å². The van der Waals surface area contributed by atoms with E-state index < -0.39 is 41.5 Å². The zero-order valence-corrected chi connectivity index (χ0v) is 14.1. The van der Waals surface area contributed by atoms with E-state index in [9.17, 15) is 18.8 Å². The van der Waals surface area contributed by atoms with E-state index in [1.54, 1.807) is 13.0 Å². The maximum atomic E-state index is 13.3. The molecule has 0 fully saturated rings.